The number of aldehydes is 1. The van der Waals surface area contributed by atoms with Gasteiger partial charge in [0.2, 0.25) is 0 Å². The molecule has 0 aliphatic heterocycles. The highest BCUT2D eigenvalue weighted by molar-refractivity contribution is 6.04. The van der Waals surface area contributed by atoms with Crippen LogP contribution in [0.25, 0.3) is 22.0 Å². The van der Waals surface area contributed by atoms with Gasteiger partial charge >= 0.3 is 0 Å². The highest BCUT2D eigenvalue weighted by atomic mass is 16.5. The van der Waals surface area contributed by atoms with E-state index < -0.39 is 0 Å². The summed E-state index contributed by atoms with van der Waals surface area (Å²) in [5.74, 6) is 0.910. The van der Waals surface area contributed by atoms with Crippen molar-refractivity contribution >= 4 is 17.1 Å². The zero-order valence-corrected chi connectivity index (χ0v) is 17.7. The number of carbonyl (C=O) groups is 1. The molecule has 5 nitrogen and oxygen atoms in total. The van der Waals surface area contributed by atoms with E-state index in [1.54, 1.807) is 16.7 Å². The lowest BCUT2D eigenvalue weighted by atomic mass is 9.96. The summed E-state index contributed by atoms with van der Waals surface area (Å²) in [6, 6.07) is 20.8. The highest BCUT2D eigenvalue weighted by Crippen LogP contribution is 2.36. The summed E-state index contributed by atoms with van der Waals surface area (Å²) in [6.45, 7) is 2.31. The Kier molecular flexibility index (Phi) is 5.58. The van der Waals surface area contributed by atoms with Crippen molar-refractivity contribution in [3.05, 3.63) is 93.8 Å². The first-order chi connectivity index (χ1) is 15.1. The summed E-state index contributed by atoms with van der Waals surface area (Å²) in [6.07, 6.45) is 0.816. The quantitative estimate of drug-likeness (QED) is 0.424. The topological polar surface area (TPSA) is 57.5 Å². The lowest BCUT2D eigenvalue weighted by Gasteiger charge is -2.20. The minimum Gasteiger partial charge on any atom is -0.493 e. The van der Waals surface area contributed by atoms with Gasteiger partial charge in [-0.3, -0.25) is 9.59 Å². The third-order valence-corrected chi connectivity index (χ3v) is 5.52. The van der Waals surface area contributed by atoms with Crippen molar-refractivity contribution in [3.8, 4) is 22.8 Å². The van der Waals surface area contributed by atoms with E-state index in [4.69, 9.17) is 9.47 Å². The summed E-state index contributed by atoms with van der Waals surface area (Å²) in [5.41, 5.74) is 3.64. The molecule has 0 bridgehead atoms. The molecule has 3 aromatic carbocycles. The van der Waals surface area contributed by atoms with Crippen molar-refractivity contribution in [2.75, 3.05) is 14.2 Å². The predicted molar refractivity (Wildman–Crippen MR) is 122 cm³/mol. The molecule has 1 aromatic heterocycles. The van der Waals surface area contributed by atoms with E-state index in [9.17, 15) is 9.59 Å². The summed E-state index contributed by atoms with van der Waals surface area (Å²) in [5, 5.41) is 0.952. The molecule has 4 rings (SSSR count). The third kappa shape index (κ3) is 3.59. The smallest absolute Gasteiger partial charge is 0.259 e. The Morgan fingerprint density at radius 1 is 0.871 bits per heavy atom. The Bertz CT molecular complexity index is 1320. The molecule has 156 valence electrons. The second-order valence-corrected chi connectivity index (χ2v) is 7.32. The number of carbonyl (C=O) groups excluding carboxylic acids is 1. The Hall–Kier alpha value is -3.86. The van der Waals surface area contributed by atoms with Gasteiger partial charge in [-0.1, -0.05) is 54.6 Å². The molecule has 0 amide bonds. The van der Waals surface area contributed by atoms with Crippen LogP contribution in [0.1, 0.15) is 21.5 Å². The van der Waals surface area contributed by atoms with E-state index in [1.165, 1.54) is 14.2 Å². The van der Waals surface area contributed by atoms with Crippen LogP contribution in [0.4, 0.5) is 0 Å². The average molecular weight is 413 g/mol. The van der Waals surface area contributed by atoms with Crippen LogP contribution in [-0.2, 0) is 6.54 Å². The summed E-state index contributed by atoms with van der Waals surface area (Å²) in [7, 11) is 3.05. The Morgan fingerprint density at radius 3 is 2.10 bits per heavy atom. The van der Waals surface area contributed by atoms with Gasteiger partial charge < -0.3 is 14.0 Å². The number of nitrogens with zero attached hydrogens (tertiary/aromatic N) is 1. The molecule has 0 N–H and O–H groups in total. The lowest BCUT2D eigenvalue weighted by molar-refractivity contribution is 0.112. The largest absolute Gasteiger partial charge is 0.493 e. The number of ether oxygens (including phenoxy) is 2. The van der Waals surface area contributed by atoms with E-state index in [0.29, 0.717) is 40.1 Å². The van der Waals surface area contributed by atoms with Crippen molar-refractivity contribution in [2.45, 2.75) is 13.5 Å². The van der Waals surface area contributed by atoms with Gasteiger partial charge in [-0.05, 0) is 30.2 Å². The summed E-state index contributed by atoms with van der Waals surface area (Å²) in [4.78, 5) is 26.1. The predicted octanol–water partition coefficient (Wildman–Crippen LogP) is 4.85. The number of rotatable bonds is 6. The van der Waals surface area contributed by atoms with Crippen molar-refractivity contribution < 1.29 is 14.3 Å². The fraction of sp³-hybridized carbons (Fsp3) is 0.154. The molecule has 0 radical (unpaired) electrons. The molecular formula is C26H23NO4. The van der Waals surface area contributed by atoms with Crippen LogP contribution >= 0.6 is 0 Å². The molecule has 5 heteroatoms. The fourth-order valence-corrected chi connectivity index (χ4v) is 3.96. The van der Waals surface area contributed by atoms with Gasteiger partial charge in [-0.25, -0.2) is 0 Å². The van der Waals surface area contributed by atoms with Gasteiger partial charge in [0.1, 0.15) is 0 Å². The zero-order valence-electron chi connectivity index (χ0n) is 17.7. The molecule has 31 heavy (non-hydrogen) atoms. The maximum absolute atomic E-state index is 13.7. The Labute approximate surface area is 180 Å². The van der Waals surface area contributed by atoms with Crippen molar-refractivity contribution in [1.82, 2.24) is 4.57 Å². The molecule has 0 saturated carbocycles. The summed E-state index contributed by atoms with van der Waals surface area (Å²) >= 11 is 0. The van der Waals surface area contributed by atoms with Gasteiger partial charge in [0.25, 0.3) is 5.56 Å². The number of pyridine rings is 1. The molecule has 4 aromatic rings. The number of hydrogen-bond donors (Lipinski definition) is 0. The first-order valence-corrected chi connectivity index (χ1v) is 9.96. The molecular weight excluding hydrogens is 390 g/mol. The van der Waals surface area contributed by atoms with E-state index in [-0.39, 0.29) is 5.56 Å². The number of fused-ring (bicyclic) bond motifs is 1. The van der Waals surface area contributed by atoms with Crippen LogP contribution in [-0.4, -0.2) is 25.1 Å². The van der Waals surface area contributed by atoms with Crippen LogP contribution in [0.3, 0.4) is 0 Å². The second kappa shape index (κ2) is 8.48. The van der Waals surface area contributed by atoms with Gasteiger partial charge in [0.15, 0.2) is 17.8 Å². The third-order valence-electron chi connectivity index (χ3n) is 5.52. The maximum Gasteiger partial charge on any atom is 0.259 e. The molecule has 0 saturated heterocycles. The molecule has 0 aliphatic rings. The number of methoxy groups -OCH3 is 2. The first kappa shape index (κ1) is 20.4. The zero-order chi connectivity index (χ0) is 22.0. The monoisotopic (exact) mass is 413 g/mol. The molecule has 0 atom stereocenters. The van der Waals surface area contributed by atoms with E-state index in [1.807, 2.05) is 61.5 Å². The van der Waals surface area contributed by atoms with Crippen LogP contribution in [0, 0.1) is 6.92 Å². The molecule has 1 heterocycles. The standard InChI is InChI=1S/C26H23NO4/c1-17-9-7-8-12-19(17)25-22(16-28)20-13-23(30-2)24(31-3)14-21(20)26(29)27(25)15-18-10-5-4-6-11-18/h4-14,16H,15H2,1-3H3. The minimum absolute atomic E-state index is 0.191. The number of aromatic nitrogens is 1. The minimum atomic E-state index is -0.191. The SMILES string of the molecule is COc1cc2c(C=O)c(-c3ccccc3C)n(Cc3ccccc3)c(=O)c2cc1OC. The van der Waals surface area contributed by atoms with E-state index in [2.05, 4.69) is 0 Å². The molecule has 0 spiro atoms. The second-order valence-electron chi connectivity index (χ2n) is 7.32. The van der Waals surface area contributed by atoms with Gasteiger partial charge in [-0.2, -0.15) is 0 Å². The average Bonchev–Trinajstić information content (AvgIpc) is 2.81. The van der Waals surface area contributed by atoms with E-state index in [0.717, 1.165) is 23.0 Å². The molecule has 0 fully saturated rings. The summed E-state index contributed by atoms with van der Waals surface area (Å²) < 4.78 is 12.5. The van der Waals surface area contributed by atoms with Crippen LogP contribution in [0.2, 0.25) is 0 Å². The van der Waals surface area contributed by atoms with Crippen molar-refractivity contribution in [3.63, 3.8) is 0 Å². The van der Waals surface area contributed by atoms with Crippen LogP contribution in [0.15, 0.2) is 71.5 Å². The normalized spacial score (nSPS) is 10.8. The highest BCUT2D eigenvalue weighted by Gasteiger charge is 2.21. The fourth-order valence-electron chi connectivity index (χ4n) is 3.96. The van der Waals surface area contributed by atoms with Crippen molar-refractivity contribution in [1.29, 1.82) is 0 Å². The van der Waals surface area contributed by atoms with Gasteiger partial charge in [-0.15, -0.1) is 0 Å². The first-order valence-electron chi connectivity index (χ1n) is 9.96. The Morgan fingerprint density at radius 2 is 1.48 bits per heavy atom. The number of aryl methyl sites for hydroxylation is 1. The van der Waals surface area contributed by atoms with Crippen LogP contribution in [0.5, 0.6) is 11.5 Å². The molecule has 0 unspecified atom stereocenters. The number of benzene rings is 3. The van der Waals surface area contributed by atoms with Gasteiger partial charge in [0, 0.05) is 16.5 Å². The number of hydrogen-bond acceptors (Lipinski definition) is 4. The van der Waals surface area contributed by atoms with E-state index >= 15 is 0 Å². The van der Waals surface area contributed by atoms with Crippen molar-refractivity contribution in [2.24, 2.45) is 0 Å². The Balaban J connectivity index is 2.15. The maximum atomic E-state index is 13.7. The van der Waals surface area contributed by atoms with Crippen LogP contribution < -0.4 is 15.0 Å². The molecule has 0 aliphatic carbocycles. The lowest BCUT2D eigenvalue weighted by Crippen LogP contribution is -2.25. The van der Waals surface area contributed by atoms with Gasteiger partial charge in [0.05, 0.1) is 31.8 Å².